The lowest BCUT2D eigenvalue weighted by atomic mass is 9.81. The molecule has 0 saturated heterocycles. The van der Waals surface area contributed by atoms with Crippen LogP contribution in [0.2, 0.25) is 0 Å². The first-order chi connectivity index (χ1) is 7.00. The molecule has 0 fully saturated rings. The lowest BCUT2D eigenvalue weighted by Crippen LogP contribution is -2.32. The summed E-state index contributed by atoms with van der Waals surface area (Å²) in [7, 11) is 0. The summed E-state index contributed by atoms with van der Waals surface area (Å²) in [6, 6.07) is 6.60. The molecule has 0 saturated carbocycles. The summed E-state index contributed by atoms with van der Waals surface area (Å²) in [6.07, 6.45) is -5.77. The van der Waals surface area contributed by atoms with Crippen molar-refractivity contribution < 1.29 is 18.3 Å². The van der Waals surface area contributed by atoms with Crippen LogP contribution in [-0.4, -0.2) is 6.18 Å². The minimum atomic E-state index is -4.38. The van der Waals surface area contributed by atoms with E-state index in [-0.39, 0.29) is 6.42 Å². The summed E-state index contributed by atoms with van der Waals surface area (Å²) in [5.41, 5.74) is 1.07. The molecule has 1 aromatic rings. The second-order valence-electron chi connectivity index (χ2n) is 3.81. The maximum atomic E-state index is 12.5. The summed E-state index contributed by atoms with van der Waals surface area (Å²) in [5.74, 6) is -1.73. The molecule has 4 heteroatoms. The van der Waals surface area contributed by atoms with Gasteiger partial charge in [-0.25, -0.2) is 5.11 Å². The Kier molecular flexibility index (Phi) is 2.46. The van der Waals surface area contributed by atoms with Crippen LogP contribution in [0.5, 0.6) is 0 Å². The molecule has 0 N–H and O–H groups in total. The molecule has 2 rings (SSSR count). The average molecular weight is 215 g/mol. The first-order valence-corrected chi connectivity index (χ1v) is 4.80. The SMILES string of the molecule is [O]C1c2ccccc2CCC1C(F)(F)F. The van der Waals surface area contributed by atoms with Crippen molar-refractivity contribution in [3.8, 4) is 0 Å². The second-order valence-corrected chi connectivity index (χ2v) is 3.81. The van der Waals surface area contributed by atoms with E-state index in [0.717, 1.165) is 5.56 Å². The lowest BCUT2D eigenvalue weighted by molar-refractivity contribution is -0.213. The van der Waals surface area contributed by atoms with Crippen molar-refractivity contribution in [1.82, 2.24) is 0 Å². The highest BCUT2D eigenvalue weighted by molar-refractivity contribution is 5.32. The normalized spacial score (nSPS) is 26.1. The van der Waals surface area contributed by atoms with Gasteiger partial charge in [-0.3, -0.25) is 0 Å². The van der Waals surface area contributed by atoms with E-state index in [9.17, 15) is 18.3 Å². The van der Waals surface area contributed by atoms with Crippen LogP contribution >= 0.6 is 0 Å². The summed E-state index contributed by atoms with van der Waals surface area (Å²) in [6.45, 7) is 0. The number of halogens is 3. The number of fused-ring (bicyclic) bond motifs is 1. The molecule has 0 aliphatic heterocycles. The summed E-state index contributed by atoms with van der Waals surface area (Å²) >= 11 is 0. The van der Waals surface area contributed by atoms with Gasteiger partial charge in [-0.1, -0.05) is 24.3 Å². The van der Waals surface area contributed by atoms with Crippen molar-refractivity contribution in [2.45, 2.75) is 25.1 Å². The van der Waals surface area contributed by atoms with Gasteiger partial charge in [0.2, 0.25) is 0 Å². The Morgan fingerprint density at radius 3 is 2.53 bits per heavy atom. The number of alkyl halides is 3. The molecule has 0 amide bonds. The molecule has 1 aliphatic carbocycles. The molecule has 2 atom stereocenters. The predicted molar refractivity (Wildman–Crippen MR) is 47.7 cm³/mol. The molecule has 1 aromatic carbocycles. The minimum Gasteiger partial charge on any atom is -0.227 e. The molecule has 0 heterocycles. The largest absolute Gasteiger partial charge is 0.394 e. The average Bonchev–Trinajstić information content (AvgIpc) is 2.16. The van der Waals surface area contributed by atoms with E-state index in [2.05, 4.69) is 0 Å². The summed E-state index contributed by atoms with van der Waals surface area (Å²) in [4.78, 5) is 0. The van der Waals surface area contributed by atoms with Crippen LogP contribution in [0.15, 0.2) is 24.3 Å². The van der Waals surface area contributed by atoms with E-state index >= 15 is 0 Å². The van der Waals surface area contributed by atoms with Gasteiger partial charge in [0, 0.05) is 0 Å². The Hall–Kier alpha value is -1.03. The number of aryl methyl sites for hydroxylation is 1. The Bertz CT molecular complexity index is 359. The van der Waals surface area contributed by atoms with E-state index in [1.54, 1.807) is 18.2 Å². The standard InChI is InChI=1S/C11H10F3O/c12-11(13,14)9-6-5-7-3-1-2-4-8(7)10(9)15/h1-4,9-10H,5-6H2. The first kappa shape index (κ1) is 10.5. The van der Waals surface area contributed by atoms with Crippen LogP contribution in [0.1, 0.15) is 23.7 Å². The van der Waals surface area contributed by atoms with Crippen LogP contribution in [0.4, 0.5) is 13.2 Å². The summed E-state index contributed by atoms with van der Waals surface area (Å²) in [5, 5.41) is 11.6. The quantitative estimate of drug-likeness (QED) is 0.633. The van der Waals surface area contributed by atoms with Crippen LogP contribution in [0, 0.1) is 5.92 Å². The zero-order valence-corrected chi connectivity index (χ0v) is 7.92. The van der Waals surface area contributed by atoms with Crippen LogP contribution in [-0.2, 0) is 11.5 Å². The Morgan fingerprint density at radius 2 is 1.87 bits per heavy atom. The van der Waals surface area contributed by atoms with Gasteiger partial charge in [0.25, 0.3) is 0 Å². The molecular formula is C11H10F3O. The highest BCUT2D eigenvalue weighted by atomic mass is 19.4. The number of benzene rings is 1. The Labute approximate surface area is 85.5 Å². The molecular weight excluding hydrogens is 205 g/mol. The second kappa shape index (κ2) is 3.52. The lowest BCUT2D eigenvalue weighted by Gasteiger charge is -2.29. The van der Waals surface area contributed by atoms with Crippen LogP contribution < -0.4 is 0 Å². The van der Waals surface area contributed by atoms with E-state index in [1.807, 2.05) is 0 Å². The smallest absolute Gasteiger partial charge is 0.227 e. The Balaban J connectivity index is 2.34. The fourth-order valence-electron chi connectivity index (χ4n) is 2.05. The van der Waals surface area contributed by atoms with Crippen molar-refractivity contribution in [1.29, 1.82) is 0 Å². The third-order valence-corrected chi connectivity index (χ3v) is 2.87. The zero-order valence-electron chi connectivity index (χ0n) is 7.92. The fourth-order valence-corrected chi connectivity index (χ4v) is 2.05. The van der Waals surface area contributed by atoms with Gasteiger partial charge >= 0.3 is 6.18 Å². The number of hydrogen-bond acceptors (Lipinski definition) is 0. The maximum absolute atomic E-state index is 12.5. The minimum absolute atomic E-state index is 0.0886. The third-order valence-electron chi connectivity index (χ3n) is 2.87. The van der Waals surface area contributed by atoms with Crippen molar-refractivity contribution in [3.63, 3.8) is 0 Å². The third kappa shape index (κ3) is 1.86. The van der Waals surface area contributed by atoms with Crippen molar-refractivity contribution in [2.75, 3.05) is 0 Å². The molecule has 1 radical (unpaired) electrons. The summed E-state index contributed by atoms with van der Waals surface area (Å²) < 4.78 is 37.5. The Morgan fingerprint density at radius 1 is 1.20 bits per heavy atom. The molecule has 2 unspecified atom stereocenters. The predicted octanol–water partition coefficient (Wildman–Crippen LogP) is 3.28. The maximum Gasteiger partial charge on any atom is 0.394 e. The van der Waals surface area contributed by atoms with Crippen molar-refractivity contribution >= 4 is 0 Å². The van der Waals surface area contributed by atoms with Gasteiger partial charge in [0.05, 0.1) is 5.92 Å². The highest BCUT2D eigenvalue weighted by Gasteiger charge is 2.47. The molecule has 15 heavy (non-hydrogen) atoms. The number of rotatable bonds is 0. The highest BCUT2D eigenvalue weighted by Crippen LogP contribution is 2.43. The van der Waals surface area contributed by atoms with Crippen molar-refractivity contribution in [3.05, 3.63) is 35.4 Å². The van der Waals surface area contributed by atoms with Gasteiger partial charge in [0.1, 0.15) is 6.10 Å². The van der Waals surface area contributed by atoms with E-state index in [4.69, 9.17) is 0 Å². The van der Waals surface area contributed by atoms with Gasteiger partial charge in [0.15, 0.2) is 0 Å². The molecule has 81 valence electrons. The van der Waals surface area contributed by atoms with Gasteiger partial charge in [-0.15, -0.1) is 0 Å². The van der Waals surface area contributed by atoms with Crippen LogP contribution in [0.25, 0.3) is 0 Å². The van der Waals surface area contributed by atoms with Gasteiger partial charge < -0.3 is 0 Å². The monoisotopic (exact) mass is 215 g/mol. The fraction of sp³-hybridized carbons (Fsp3) is 0.455. The van der Waals surface area contributed by atoms with Gasteiger partial charge in [-0.05, 0) is 24.0 Å². The van der Waals surface area contributed by atoms with Crippen molar-refractivity contribution in [2.24, 2.45) is 5.92 Å². The molecule has 1 nitrogen and oxygen atoms in total. The van der Waals surface area contributed by atoms with E-state index < -0.39 is 18.2 Å². The molecule has 0 bridgehead atoms. The van der Waals surface area contributed by atoms with Gasteiger partial charge in [-0.2, -0.15) is 13.2 Å². The molecule has 0 spiro atoms. The first-order valence-electron chi connectivity index (χ1n) is 4.80. The molecule has 0 aromatic heterocycles. The molecule has 1 aliphatic rings. The topological polar surface area (TPSA) is 19.9 Å². The van der Waals surface area contributed by atoms with E-state index in [0.29, 0.717) is 12.0 Å². The van der Waals surface area contributed by atoms with Crippen LogP contribution in [0.3, 0.4) is 0 Å². The zero-order chi connectivity index (χ0) is 11.1. The van der Waals surface area contributed by atoms with E-state index in [1.165, 1.54) is 6.07 Å². The number of hydrogen-bond donors (Lipinski definition) is 0.